The fourth-order valence-corrected chi connectivity index (χ4v) is 2.72. The van der Waals surface area contributed by atoms with Crippen molar-refractivity contribution < 1.29 is 14.3 Å². The highest BCUT2D eigenvalue weighted by Crippen LogP contribution is 2.21. The van der Waals surface area contributed by atoms with Gasteiger partial charge in [0.15, 0.2) is 0 Å². The Labute approximate surface area is 130 Å². The summed E-state index contributed by atoms with van der Waals surface area (Å²) >= 11 is 0. The lowest BCUT2D eigenvalue weighted by atomic mass is 10.1. The lowest BCUT2D eigenvalue weighted by Gasteiger charge is -2.34. The summed E-state index contributed by atoms with van der Waals surface area (Å²) in [5.74, 6) is 0.639. The number of rotatable bonds is 5. The zero-order valence-electron chi connectivity index (χ0n) is 13.3. The van der Waals surface area contributed by atoms with Crippen LogP contribution in [0.15, 0.2) is 18.2 Å². The molecule has 0 saturated carbocycles. The van der Waals surface area contributed by atoms with Gasteiger partial charge in [-0.3, -0.25) is 14.5 Å². The summed E-state index contributed by atoms with van der Waals surface area (Å²) in [6.07, 6.45) is 0.178. The van der Waals surface area contributed by atoms with Crippen molar-refractivity contribution in [2.45, 2.75) is 25.9 Å². The van der Waals surface area contributed by atoms with Crippen molar-refractivity contribution in [2.75, 3.05) is 27.2 Å². The minimum atomic E-state index is -0.420. The molecule has 1 atom stereocenters. The van der Waals surface area contributed by atoms with Gasteiger partial charge in [0.05, 0.1) is 19.6 Å². The van der Waals surface area contributed by atoms with Crippen molar-refractivity contribution in [2.24, 2.45) is 0 Å². The second-order valence-corrected chi connectivity index (χ2v) is 5.46. The quantitative estimate of drug-likeness (QED) is 0.828. The highest BCUT2D eigenvalue weighted by molar-refractivity contribution is 5.88. The molecule has 0 radical (unpaired) electrons. The first-order valence-corrected chi connectivity index (χ1v) is 7.41. The second kappa shape index (κ2) is 7.26. The van der Waals surface area contributed by atoms with E-state index in [9.17, 15) is 9.59 Å². The lowest BCUT2D eigenvalue weighted by molar-refractivity contribution is -0.134. The summed E-state index contributed by atoms with van der Waals surface area (Å²) in [4.78, 5) is 25.7. The molecule has 6 nitrogen and oxygen atoms in total. The molecule has 0 unspecified atom stereocenters. The van der Waals surface area contributed by atoms with Crippen LogP contribution in [-0.2, 0) is 16.1 Å². The summed E-state index contributed by atoms with van der Waals surface area (Å²) < 4.78 is 5.26. The maximum atomic E-state index is 12.1. The maximum Gasteiger partial charge on any atom is 0.237 e. The van der Waals surface area contributed by atoms with Gasteiger partial charge in [-0.15, -0.1) is 0 Å². The Morgan fingerprint density at radius 2 is 2.27 bits per heavy atom. The van der Waals surface area contributed by atoms with Gasteiger partial charge in [0.25, 0.3) is 0 Å². The van der Waals surface area contributed by atoms with Crippen LogP contribution in [0.3, 0.4) is 0 Å². The molecule has 6 heteroatoms. The van der Waals surface area contributed by atoms with E-state index < -0.39 is 6.04 Å². The van der Waals surface area contributed by atoms with Gasteiger partial charge in [-0.1, -0.05) is 12.1 Å². The summed E-state index contributed by atoms with van der Waals surface area (Å²) in [7, 11) is 3.23. The predicted octanol–water partition coefficient (Wildman–Crippen LogP) is 0.440. The van der Waals surface area contributed by atoms with E-state index in [-0.39, 0.29) is 18.2 Å². The van der Waals surface area contributed by atoms with Crippen molar-refractivity contribution in [3.63, 3.8) is 0 Å². The molecule has 0 aliphatic carbocycles. The smallest absolute Gasteiger partial charge is 0.237 e. The number of benzene rings is 1. The Bertz CT molecular complexity index is 560. The number of piperazine rings is 1. The normalized spacial score (nSPS) is 18.7. The van der Waals surface area contributed by atoms with E-state index in [1.165, 1.54) is 0 Å². The molecule has 1 heterocycles. The first-order valence-electron chi connectivity index (χ1n) is 7.41. The number of carbonyl (C=O) groups is 2. The predicted molar refractivity (Wildman–Crippen MR) is 83.6 cm³/mol. The van der Waals surface area contributed by atoms with Crippen molar-refractivity contribution in [1.29, 1.82) is 0 Å². The number of carbonyl (C=O) groups excluding carboxylic acids is 2. The number of amides is 2. The van der Waals surface area contributed by atoms with E-state index in [2.05, 4.69) is 21.6 Å². The minimum Gasteiger partial charge on any atom is -0.496 e. The largest absolute Gasteiger partial charge is 0.496 e. The molecule has 1 aromatic carbocycles. The fraction of sp³-hybridized carbons (Fsp3) is 0.500. The number of hydrogen-bond donors (Lipinski definition) is 2. The van der Waals surface area contributed by atoms with E-state index in [1.54, 1.807) is 14.2 Å². The van der Waals surface area contributed by atoms with Crippen molar-refractivity contribution >= 4 is 11.8 Å². The van der Waals surface area contributed by atoms with Gasteiger partial charge >= 0.3 is 0 Å². The molecule has 2 amide bonds. The van der Waals surface area contributed by atoms with Crippen LogP contribution in [0.2, 0.25) is 0 Å². The third kappa shape index (κ3) is 3.76. The van der Waals surface area contributed by atoms with E-state index in [0.717, 1.165) is 23.4 Å². The summed E-state index contributed by atoms with van der Waals surface area (Å²) in [5.41, 5.74) is 2.17. The molecule has 120 valence electrons. The number of aryl methyl sites for hydroxylation is 1. The van der Waals surface area contributed by atoms with E-state index >= 15 is 0 Å². The summed E-state index contributed by atoms with van der Waals surface area (Å²) in [6.45, 7) is 3.98. The van der Waals surface area contributed by atoms with E-state index in [0.29, 0.717) is 13.1 Å². The Balaban J connectivity index is 2.12. The average Bonchev–Trinajstić information content (AvgIpc) is 2.50. The van der Waals surface area contributed by atoms with Crippen LogP contribution >= 0.6 is 0 Å². The molecular formula is C16H23N3O3. The zero-order valence-corrected chi connectivity index (χ0v) is 13.3. The van der Waals surface area contributed by atoms with Crippen LogP contribution in [0.5, 0.6) is 5.75 Å². The molecule has 1 aromatic rings. The SMILES string of the molecule is CNC(=O)C[C@@H]1C(=O)NCCN1Cc1ccc(OC)c(C)c1. The van der Waals surface area contributed by atoms with Gasteiger partial charge < -0.3 is 15.4 Å². The molecule has 2 N–H and O–H groups in total. The van der Waals surface area contributed by atoms with Gasteiger partial charge in [0, 0.05) is 26.7 Å². The molecular weight excluding hydrogens is 282 g/mol. The van der Waals surface area contributed by atoms with Gasteiger partial charge in [-0.05, 0) is 24.1 Å². The molecule has 1 aliphatic heterocycles. The fourth-order valence-electron chi connectivity index (χ4n) is 2.72. The summed E-state index contributed by atoms with van der Waals surface area (Å²) in [6, 6.07) is 5.57. The molecule has 1 saturated heterocycles. The van der Waals surface area contributed by atoms with Crippen LogP contribution < -0.4 is 15.4 Å². The Morgan fingerprint density at radius 3 is 2.91 bits per heavy atom. The molecule has 1 fully saturated rings. The molecule has 2 rings (SSSR count). The zero-order chi connectivity index (χ0) is 16.1. The first kappa shape index (κ1) is 16.3. The molecule has 0 bridgehead atoms. The molecule has 0 spiro atoms. The highest BCUT2D eigenvalue weighted by atomic mass is 16.5. The van der Waals surface area contributed by atoms with E-state index in [4.69, 9.17) is 4.74 Å². The number of hydrogen-bond acceptors (Lipinski definition) is 4. The van der Waals surface area contributed by atoms with Crippen LogP contribution in [0.25, 0.3) is 0 Å². The Hall–Kier alpha value is -2.08. The Morgan fingerprint density at radius 1 is 1.50 bits per heavy atom. The Kier molecular flexibility index (Phi) is 5.38. The van der Waals surface area contributed by atoms with Crippen LogP contribution in [0.1, 0.15) is 17.5 Å². The monoisotopic (exact) mass is 305 g/mol. The topological polar surface area (TPSA) is 70.7 Å². The molecule has 0 aromatic heterocycles. The highest BCUT2D eigenvalue weighted by Gasteiger charge is 2.31. The van der Waals surface area contributed by atoms with Crippen LogP contribution in [0, 0.1) is 6.92 Å². The van der Waals surface area contributed by atoms with Crippen molar-refractivity contribution in [3.05, 3.63) is 29.3 Å². The van der Waals surface area contributed by atoms with Gasteiger partial charge in [-0.25, -0.2) is 0 Å². The second-order valence-electron chi connectivity index (χ2n) is 5.46. The van der Waals surface area contributed by atoms with Crippen LogP contribution in [-0.4, -0.2) is 50.0 Å². The number of ether oxygens (including phenoxy) is 1. The third-order valence-electron chi connectivity index (χ3n) is 3.94. The number of nitrogens with zero attached hydrogens (tertiary/aromatic N) is 1. The summed E-state index contributed by atoms with van der Waals surface area (Å²) in [5, 5.41) is 5.41. The van der Waals surface area contributed by atoms with Gasteiger partial charge in [0.1, 0.15) is 5.75 Å². The average molecular weight is 305 g/mol. The van der Waals surface area contributed by atoms with Crippen molar-refractivity contribution in [3.8, 4) is 5.75 Å². The third-order valence-corrected chi connectivity index (χ3v) is 3.94. The number of nitrogens with one attached hydrogen (secondary N) is 2. The van der Waals surface area contributed by atoms with Crippen molar-refractivity contribution in [1.82, 2.24) is 15.5 Å². The van der Waals surface area contributed by atoms with E-state index in [1.807, 2.05) is 19.1 Å². The molecule has 1 aliphatic rings. The standard InChI is InChI=1S/C16H23N3O3/c1-11-8-12(4-5-14(11)22-3)10-19-7-6-18-16(21)13(19)9-15(20)17-2/h4-5,8,13H,6-7,9-10H2,1-3H3,(H,17,20)(H,18,21)/t13-/m1/s1. The van der Waals surface area contributed by atoms with Gasteiger partial charge in [-0.2, -0.15) is 0 Å². The maximum absolute atomic E-state index is 12.1. The molecule has 22 heavy (non-hydrogen) atoms. The van der Waals surface area contributed by atoms with Crippen LogP contribution in [0.4, 0.5) is 0 Å². The first-order chi connectivity index (χ1) is 10.5. The number of methoxy groups -OCH3 is 1. The lowest BCUT2D eigenvalue weighted by Crippen LogP contribution is -2.55. The minimum absolute atomic E-state index is 0.0833. The van der Waals surface area contributed by atoms with Gasteiger partial charge in [0.2, 0.25) is 11.8 Å².